The molecular weight excluding hydrogens is 249 g/mol. The summed E-state index contributed by atoms with van der Waals surface area (Å²) in [6, 6.07) is 1.19. The first-order valence-corrected chi connectivity index (χ1v) is 5.02. The molecule has 0 bridgehead atoms. The molecule has 2 atom stereocenters. The van der Waals surface area contributed by atoms with Crippen LogP contribution in [0.3, 0.4) is 0 Å². The summed E-state index contributed by atoms with van der Waals surface area (Å²) in [5.41, 5.74) is -1.40. The zero-order chi connectivity index (χ0) is 13.9. The molecule has 18 heavy (non-hydrogen) atoms. The van der Waals surface area contributed by atoms with Gasteiger partial charge in [0, 0.05) is 12.2 Å². The van der Waals surface area contributed by atoms with Gasteiger partial charge >= 0.3 is 5.69 Å². The highest BCUT2D eigenvalue weighted by molar-refractivity contribution is 5.52. The summed E-state index contributed by atoms with van der Waals surface area (Å²) in [5, 5.41) is 47.7. The summed E-state index contributed by atoms with van der Waals surface area (Å²) >= 11 is 0. The third-order valence-electron chi connectivity index (χ3n) is 2.39. The van der Waals surface area contributed by atoms with Crippen LogP contribution in [0.1, 0.15) is 18.1 Å². The van der Waals surface area contributed by atoms with Crippen molar-refractivity contribution in [2.24, 2.45) is 0 Å². The second-order valence-electron chi connectivity index (χ2n) is 3.64. The third-order valence-corrected chi connectivity index (χ3v) is 2.39. The smallest absolute Gasteiger partial charge is 0.314 e. The van der Waals surface area contributed by atoms with E-state index in [-0.39, 0.29) is 6.42 Å². The number of rotatable bonds is 5. The number of benzene rings is 1. The monoisotopic (exact) mass is 261 g/mol. The van der Waals surface area contributed by atoms with Crippen LogP contribution in [-0.4, -0.2) is 38.1 Å². The average molecular weight is 261 g/mol. The molecule has 0 aromatic heterocycles. The molecule has 7 nitrogen and oxygen atoms in total. The number of aliphatic hydroxyl groups excluding tert-OH is 3. The molecule has 0 amide bonds. The predicted octanol–water partition coefficient (Wildman–Crippen LogP) is 0.216. The molecule has 0 aliphatic carbocycles. The van der Waals surface area contributed by atoms with Crippen molar-refractivity contribution in [1.82, 2.24) is 0 Å². The Bertz CT molecular complexity index is 452. The number of aromatic hydroxyl groups is 1. The highest BCUT2D eigenvalue weighted by atomic mass is 19.1. The van der Waals surface area contributed by atoms with Crippen LogP contribution in [0, 0.1) is 15.9 Å². The lowest BCUT2D eigenvalue weighted by atomic mass is 10.0. The summed E-state index contributed by atoms with van der Waals surface area (Å²) < 4.78 is 13.1. The maximum atomic E-state index is 13.1. The molecule has 1 aromatic carbocycles. The molecule has 1 rings (SSSR count). The largest absolute Gasteiger partial charge is 0.502 e. The molecule has 0 heterocycles. The number of phenolic OH excluding ortho intramolecular Hbond substituents is 1. The maximum absolute atomic E-state index is 13.1. The fourth-order valence-electron chi connectivity index (χ4n) is 1.47. The molecule has 100 valence electrons. The van der Waals surface area contributed by atoms with Gasteiger partial charge < -0.3 is 20.4 Å². The topological polar surface area (TPSA) is 124 Å². The van der Waals surface area contributed by atoms with Crippen LogP contribution < -0.4 is 0 Å². The summed E-state index contributed by atoms with van der Waals surface area (Å²) in [5.74, 6) is -1.93. The van der Waals surface area contributed by atoms with Crippen molar-refractivity contribution in [2.45, 2.75) is 18.6 Å². The molecule has 2 unspecified atom stereocenters. The van der Waals surface area contributed by atoms with Crippen LogP contribution in [-0.2, 0) is 0 Å². The minimum atomic E-state index is -1.73. The fraction of sp³-hybridized carbons (Fsp3) is 0.400. The number of hydrogen-bond acceptors (Lipinski definition) is 6. The van der Waals surface area contributed by atoms with Crippen molar-refractivity contribution in [3.63, 3.8) is 0 Å². The number of nitrogens with zero attached hydrogens (tertiary/aromatic N) is 1. The SMILES string of the molecule is O=[N+]([O-])c1cc(F)cc(C(O)C(O)CCO)c1O. The van der Waals surface area contributed by atoms with E-state index >= 15 is 0 Å². The van der Waals surface area contributed by atoms with Crippen LogP contribution in [0.5, 0.6) is 5.75 Å². The zero-order valence-corrected chi connectivity index (χ0v) is 9.15. The van der Waals surface area contributed by atoms with Crippen molar-refractivity contribution in [1.29, 1.82) is 0 Å². The molecule has 0 fully saturated rings. The first-order chi connectivity index (χ1) is 8.38. The Balaban J connectivity index is 3.19. The molecular formula is C10H12FNO6. The summed E-state index contributed by atoms with van der Waals surface area (Å²) in [6.07, 6.45) is -3.42. The Kier molecular flexibility index (Phi) is 4.54. The molecule has 0 aliphatic rings. The van der Waals surface area contributed by atoms with Gasteiger partial charge in [0.15, 0.2) is 0 Å². The van der Waals surface area contributed by atoms with E-state index < -0.39 is 46.6 Å². The number of phenols is 1. The van der Waals surface area contributed by atoms with E-state index in [1.165, 1.54) is 0 Å². The molecule has 4 N–H and O–H groups in total. The van der Waals surface area contributed by atoms with Gasteiger partial charge in [-0.1, -0.05) is 0 Å². The number of nitro benzene ring substituents is 1. The van der Waals surface area contributed by atoms with Gasteiger partial charge in [0.2, 0.25) is 5.75 Å². The van der Waals surface area contributed by atoms with E-state index in [1.807, 2.05) is 0 Å². The average Bonchev–Trinajstić information content (AvgIpc) is 2.30. The van der Waals surface area contributed by atoms with Gasteiger partial charge in [-0.25, -0.2) is 4.39 Å². The van der Waals surface area contributed by atoms with Gasteiger partial charge in [0.05, 0.1) is 17.1 Å². The minimum absolute atomic E-state index is 0.217. The molecule has 0 spiro atoms. The van der Waals surface area contributed by atoms with Crippen LogP contribution >= 0.6 is 0 Å². The Morgan fingerprint density at radius 3 is 2.50 bits per heavy atom. The Hall–Kier alpha value is -1.77. The highest BCUT2D eigenvalue weighted by Gasteiger charge is 2.27. The lowest BCUT2D eigenvalue weighted by Crippen LogP contribution is -2.20. The van der Waals surface area contributed by atoms with E-state index in [4.69, 9.17) is 5.11 Å². The first kappa shape index (κ1) is 14.3. The summed E-state index contributed by atoms with van der Waals surface area (Å²) in [7, 11) is 0. The van der Waals surface area contributed by atoms with Gasteiger partial charge in [0.25, 0.3) is 0 Å². The second kappa shape index (κ2) is 5.71. The van der Waals surface area contributed by atoms with Crippen LogP contribution in [0.4, 0.5) is 10.1 Å². The van der Waals surface area contributed by atoms with Gasteiger partial charge in [-0.05, 0) is 12.5 Å². The van der Waals surface area contributed by atoms with Crippen molar-refractivity contribution < 1.29 is 29.7 Å². The lowest BCUT2D eigenvalue weighted by Gasteiger charge is -2.18. The summed E-state index contributed by atoms with van der Waals surface area (Å²) in [6.45, 7) is -0.434. The highest BCUT2D eigenvalue weighted by Crippen LogP contribution is 2.36. The van der Waals surface area contributed by atoms with Crippen molar-refractivity contribution >= 4 is 5.69 Å². The first-order valence-electron chi connectivity index (χ1n) is 5.02. The quantitative estimate of drug-likeness (QED) is 0.444. The molecule has 8 heteroatoms. The van der Waals surface area contributed by atoms with E-state index in [0.717, 1.165) is 0 Å². The third kappa shape index (κ3) is 2.92. The van der Waals surface area contributed by atoms with Crippen molar-refractivity contribution in [3.05, 3.63) is 33.6 Å². The predicted molar refractivity (Wildman–Crippen MR) is 57.4 cm³/mol. The van der Waals surface area contributed by atoms with Crippen molar-refractivity contribution in [2.75, 3.05) is 6.61 Å². The molecule has 0 saturated carbocycles. The van der Waals surface area contributed by atoms with E-state index in [9.17, 15) is 29.8 Å². The number of aliphatic hydroxyl groups is 3. The Morgan fingerprint density at radius 1 is 1.39 bits per heavy atom. The van der Waals surface area contributed by atoms with Gasteiger partial charge in [0.1, 0.15) is 11.9 Å². The summed E-state index contributed by atoms with van der Waals surface area (Å²) in [4.78, 5) is 9.53. The molecule has 0 saturated heterocycles. The fourth-order valence-corrected chi connectivity index (χ4v) is 1.47. The number of hydrogen-bond donors (Lipinski definition) is 4. The Labute approximate surface area is 101 Å². The van der Waals surface area contributed by atoms with E-state index in [1.54, 1.807) is 0 Å². The van der Waals surface area contributed by atoms with Gasteiger partial charge in [-0.15, -0.1) is 0 Å². The molecule has 0 aliphatic heterocycles. The molecule has 0 radical (unpaired) electrons. The van der Waals surface area contributed by atoms with E-state index in [0.29, 0.717) is 12.1 Å². The van der Waals surface area contributed by atoms with E-state index in [2.05, 4.69) is 0 Å². The van der Waals surface area contributed by atoms with Crippen molar-refractivity contribution in [3.8, 4) is 5.75 Å². The van der Waals surface area contributed by atoms with Gasteiger partial charge in [-0.3, -0.25) is 10.1 Å². The Morgan fingerprint density at radius 2 is 2.00 bits per heavy atom. The van der Waals surface area contributed by atoms with Crippen LogP contribution in [0.2, 0.25) is 0 Å². The standard InChI is InChI=1S/C10H12FNO6/c11-5-3-6(10(16)8(14)1-2-13)9(15)7(4-5)12(17)18/h3-4,8,10,13-16H,1-2H2. The normalized spacial score (nSPS) is 14.2. The number of halogens is 1. The minimum Gasteiger partial charge on any atom is -0.502 e. The molecule has 1 aromatic rings. The van der Waals surface area contributed by atoms with Crippen LogP contribution in [0.25, 0.3) is 0 Å². The number of nitro groups is 1. The zero-order valence-electron chi connectivity index (χ0n) is 9.15. The van der Waals surface area contributed by atoms with Gasteiger partial charge in [-0.2, -0.15) is 0 Å². The lowest BCUT2D eigenvalue weighted by molar-refractivity contribution is -0.386. The second-order valence-corrected chi connectivity index (χ2v) is 3.64. The van der Waals surface area contributed by atoms with Crippen LogP contribution in [0.15, 0.2) is 12.1 Å². The maximum Gasteiger partial charge on any atom is 0.314 e.